The number of rotatable bonds is 9. The number of nitrogens with one attached hydrogen (secondary N) is 1. The molecule has 0 radical (unpaired) electrons. The van der Waals surface area contributed by atoms with Crippen LogP contribution in [0.2, 0.25) is 5.02 Å². The highest BCUT2D eigenvalue weighted by Crippen LogP contribution is 2.21. The van der Waals surface area contributed by atoms with E-state index in [9.17, 15) is 9.59 Å². The Labute approximate surface area is 148 Å². The fraction of sp³-hybridized carbons (Fsp3) is 0.556. The topological polar surface area (TPSA) is 64.6 Å². The van der Waals surface area contributed by atoms with Gasteiger partial charge in [-0.3, -0.25) is 4.79 Å². The summed E-state index contributed by atoms with van der Waals surface area (Å²) < 4.78 is 10.4. The van der Waals surface area contributed by atoms with Gasteiger partial charge in [-0.2, -0.15) is 0 Å². The van der Waals surface area contributed by atoms with Crippen LogP contribution in [-0.4, -0.2) is 31.6 Å². The highest BCUT2D eigenvalue weighted by Gasteiger charge is 2.22. The maximum Gasteiger partial charge on any atom is 0.328 e. The van der Waals surface area contributed by atoms with Gasteiger partial charge >= 0.3 is 5.97 Å². The number of esters is 1. The molecule has 0 aromatic heterocycles. The van der Waals surface area contributed by atoms with Crippen molar-refractivity contribution in [2.45, 2.75) is 46.1 Å². The average Bonchev–Trinajstić information content (AvgIpc) is 2.51. The summed E-state index contributed by atoms with van der Waals surface area (Å²) in [6.45, 7) is 6.32. The second-order valence-electron chi connectivity index (χ2n) is 6.13. The van der Waals surface area contributed by atoms with Crippen LogP contribution in [0.25, 0.3) is 0 Å². The summed E-state index contributed by atoms with van der Waals surface area (Å²) >= 11 is 5.90. The summed E-state index contributed by atoms with van der Waals surface area (Å²) in [7, 11) is 1.32. The third-order valence-electron chi connectivity index (χ3n) is 3.47. The molecule has 1 aromatic carbocycles. The zero-order chi connectivity index (χ0) is 18.1. The molecule has 1 aromatic rings. The molecule has 0 bridgehead atoms. The summed E-state index contributed by atoms with van der Waals surface area (Å²) in [6.07, 6.45) is 1.40. The molecule has 0 saturated heterocycles. The van der Waals surface area contributed by atoms with Gasteiger partial charge in [0, 0.05) is 11.4 Å². The van der Waals surface area contributed by atoms with Crippen LogP contribution in [0.4, 0.5) is 0 Å². The van der Waals surface area contributed by atoms with Gasteiger partial charge in [0.15, 0.2) is 0 Å². The molecule has 0 saturated carbocycles. The van der Waals surface area contributed by atoms with Crippen LogP contribution in [0.3, 0.4) is 0 Å². The number of benzene rings is 1. The van der Waals surface area contributed by atoms with Crippen LogP contribution < -0.4 is 10.1 Å². The van der Waals surface area contributed by atoms with Crippen LogP contribution >= 0.6 is 11.6 Å². The minimum Gasteiger partial charge on any atom is -0.493 e. The normalized spacial score (nSPS) is 11.9. The number of hydrogen-bond acceptors (Lipinski definition) is 4. The van der Waals surface area contributed by atoms with Gasteiger partial charge in [0.1, 0.15) is 11.8 Å². The first-order valence-corrected chi connectivity index (χ1v) is 8.47. The maximum atomic E-state index is 12.0. The number of carbonyl (C=O) groups is 2. The van der Waals surface area contributed by atoms with Crippen molar-refractivity contribution in [3.8, 4) is 5.75 Å². The molecule has 1 atom stereocenters. The van der Waals surface area contributed by atoms with E-state index in [2.05, 4.69) is 5.32 Å². The van der Waals surface area contributed by atoms with Crippen molar-refractivity contribution in [1.82, 2.24) is 5.32 Å². The van der Waals surface area contributed by atoms with Crippen molar-refractivity contribution in [3.05, 3.63) is 28.8 Å². The molecule has 0 heterocycles. The summed E-state index contributed by atoms with van der Waals surface area (Å²) in [5.74, 6) is 0.449. The van der Waals surface area contributed by atoms with Crippen molar-refractivity contribution in [3.63, 3.8) is 0 Å². The van der Waals surface area contributed by atoms with Gasteiger partial charge in [0.2, 0.25) is 5.91 Å². The Morgan fingerprint density at radius 1 is 1.29 bits per heavy atom. The second-order valence-corrected chi connectivity index (χ2v) is 6.57. The first kappa shape index (κ1) is 20.3. The van der Waals surface area contributed by atoms with Crippen molar-refractivity contribution < 1.29 is 19.1 Å². The number of halogens is 1. The predicted molar refractivity (Wildman–Crippen MR) is 94.3 cm³/mol. The van der Waals surface area contributed by atoms with Crippen LogP contribution in [0, 0.1) is 12.8 Å². The average molecular weight is 356 g/mol. The minimum atomic E-state index is -0.595. The Kier molecular flexibility index (Phi) is 8.61. The molecule has 0 aliphatic heterocycles. The van der Waals surface area contributed by atoms with Crippen LogP contribution in [0.5, 0.6) is 5.75 Å². The van der Waals surface area contributed by atoms with Gasteiger partial charge in [-0.25, -0.2) is 4.79 Å². The van der Waals surface area contributed by atoms with E-state index in [1.54, 1.807) is 6.07 Å². The molecule has 1 N–H and O–H groups in total. The van der Waals surface area contributed by atoms with E-state index in [0.29, 0.717) is 24.5 Å². The molecule has 6 heteroatoms. The molecule has 1 rings (SSSR count). The fourth-order valence-electron chi connectivity index (χ4n) is 2.28. The number of hydrogen-bond donors (Lipinski definition) is 1. The van der Waals surface area contributed by atoms with Gasteiger partial charge < -0.3 is 14.8 Å². The third-order valence-corrected chi connectivity index (χ3v) is 3.71. The number of aryl methyl sites for hydroxylation is 1. The molecule has 0 aliphatic rings. The van der Waals surface area contributed by atoms with E-state index >= 15 is 0 Å². The van der Waals surface area contributed by atoms with Crippen molar-refractivity contribution in [2.24, 2.45) is 5.92 Å². The van der Waals surface area contributed by atoms with E-state index in [0.717, 1.165) is 11.3 Å². The Balaban J connectivity index is 2.38. The molecule has 5 nitrogen and oxygen atoms in total. The number of ether oxygens (including phenoxy) is 2. The monoisotopic (exact) mass is 355 g/mol. The van der Waals surface area contributed by atoms with E-state index in [-0.39, 0.29) is 18.2 Å². The molecule has 0 aliphatic carbocycles. The van der Waals surface area contributed by atoms with E-state index in [4.69, 9.17) is 21.1 Å². The van der Waals surface area contributed by atoms with Crippen molar-refractivity contribution in [1.29, 1.82) is 0 Å². The first-order valence-electron chi connectivity index (χ1n) is 8.09. The Hall–Kier alpha value is -1.75. The van der Waals surface area contributed by atoms with Gasteiger partial charge in [-0.1, -0.05) is 25.4 Å². The number of amides is 1. The zero-order valence-corrected chi connectivity index (χ0v) is 15.5. The van der Waals surface area contributed by atoms with Gasteiger partial charge in [-0.15, -0.1) is 0 Å². The maximum absolute atomic E-state index is 12.0. The van der Waals surface area contributed by atoms with Gasteiger partial charge in [-0.05, 0) is 49.4 Å². The van der Waals surface area contributed by atoms with E-state index in [1.807, 2.05) is 32.9 Å². The van der Waals surface area contributed by atoms with Crippen LogP contribution in [0.15, 0.2) is 18.2 Å². The molecule has 0 spiro atoms. The second kappa shape index (κ2) is 10.2. The Morgan fingerprint density at radius 2 is 2.00 bits per heavy atom. The lowest BCUT2D eigenvalue weighted by atomic mass is 10.0. The SMILES string of the molecule is COC(=O)C(CC(C)C)NC(=O)CCCOc1ccc(Cl)cc1C. The lowest BCUT2D eigenvalue weighted by Gasteiger charge is -2.18. The predicted octanol–water partition coefficient (Wildman–Crippen LogP) is 3.51. The first-order chi connectivity index (χ1) is 11.3. The zero-order valence-electron chi connectivity index (χ0n) is 14.7. The van der Waals surface area contributed by atoms with Gasteiger partial charge in [0.25, 0.3) is 0 Å². The van der Waals surface area contributed by atoms with Gasteiger partial charge in [0.05, 0.1) is 13.7 Å². The van der Waals surface area contributed by atoms with Crippen LogP contribution in [-0.2, 0) is 14.3 Å². The smallest absolute Gasteiger partial charge is 0.328 e. The molecular formula is C18H26ClNO4. The van der Waals surface area contributed by atoms with Crippen LogP contribution in [0.1, 0.15) is 38.7 Å². The molecule has 1 unspecified atom stereocenters. The quantitative estimate of drug-likeness (QED) is 0.543. The summed E-state index contributed by atoms with van der Waals surface area (Å²) in [5, 5.41) is 3.40. The Bertz CT molecular complexity index is 560. The largest absolute Gasteiger partial charge is 0.493 e. The summed E-state index contributed by atoms with van der Waals surface area (Å²) in [6, 6.07) is 4.81. The van der Waals surface area contributed by atoms with Crippen molar-refractivity contribution >= 4 is 23.5 Å². The Morgan fingerprint density at radius 3 is 2.58 bits per heavy atom. The summed E-state index contributed by atoms with van der Waals surface area (Å²) in [5.41, 5.74) is 0.953. The number of carbonyl (C=O) groups excluding carboxylic acids is 2. The molecule has 1 amide bonds. The highest BCUT2D eigenvalue weighted by molar-refractivity contribution is 6.30. The fourth-order valence-corrected chi connectivity index (χ4v) is 2.51. The number of methoxy groups -OCH3 is 1. The van der Waals surface area contributed by atoms with E-state index in [1.165, 1.54) is 7.11 Å². The standard InChI is InChI=1S/C18H26ClNO4/c1-12(2)10-15(18(22)23-4)20-17(21)6-5-9-24-16-8-7-14(19)11-13(16)3/h7-8,11-12,15H,5-6,9-10H2,1-4H3,(H,20,21). The van der Waals surface area contributed by atoms with Crippen molar-refractivity contribution in [2.75, 3.05) is 13.7 Å². The molecular weight excluding hydrogens is 330 g/mol. The van der Waals surface area contributed by atoms with E-state index < -0.39 is 12.0 Å². The summed E-state index contributed by atoms with van der Waals surface area (Å²) in [4.78, 5) is 23.7. The lowest BCUT2D eigenvalue weighted by molar-refractivity contribution is -0.145. The highest BCUT2D eigenvalue weighted by atomic mass is 35.5. The minimum absolute atomic E-state index is 0.178. The molecule has 0 fully saturated rings. The molecule has 134 valence electrons. The third kappa shape index (κ3) is 7.21. The lowest BCUT2D eigenvalue weighted by Crippen LogP contribution is -2.42. The molecule has 24 heavy (non-hydrogen) atoms.